The van der Waals surface area contributed by atoms with Gasteiger partial charge in [-0.15, -0.1) is 0 Å². The molecule has 136 valence electrons. The minimum absolute atomic E-state index is 0.0297. The maximum absolute atomic E-state index is 12.9. The number of anilines is 1. The molecule has 1 aromatic rings. The second-order valence-electron chi connectivity index (χ2n) is 7.65. The van der Waals surface area contributed by atoms with Crippen LogP contribution in [0.5, 0.6) is 0 Å². The summed E-state index contributed by atoms with van der Waals surface area (Å²) in [5.41, 5.74) is 0.294. The zero-order chi connectivity index (χ0) is 17.9. The second kappa shape index (κ2) is 7.46. The molecule has 5 nitrogen and oxygen atoms in total. The lowest BCUT2D eigenvalue weighted by Gasteiger charge is -2.43. The fraction of sp³-hybridized carbons (Fsp3) is 0.600. The average Bonchev–Trinajstić information content (AvgIpc) is 2.54. The van der Waals surface area contributed by atoms with Gasteiger partial charge in [0.15, 0.2) is 0 Å². The van der Waals surface area contributed by atoms with Gasteiger partial charge in [0.2, 0.25) is 11.8 Å². The van der Waals surface area contributed by atoms with Crippen molar-refractivity contribution in [1.82, 2.24) is 10.2 Å². The first-order chi connectivity index (χ1) is 12.0. The van der Waals surface area contributed by atoms with Crippen LogP contribution in [0.15, 0.2) is 30.3 Å². The number of hydrogen-bond donors (Lipinski definition) is 2. The normalized spacial score (nSPS) is 20.0. The molecule has 2 N–H and O–H groups in total. The van der Waals surface area contributed by atoms with Gasteiger partial charge in [-0.05, 0) is 51.7 Å². The van der Waals surface area contributed by atoms with E-state index >= 15 is 0 Å². The third kappa shape index (κ3) is 3.97. The highest BCUT2D eigenvalue weighted by Crippen LogP contribution is 2.32. The molecule has 1 saturated heterocycles. The van der Waals surface area contributed by atoms with Crippen molar-refractivity contribution in [3.63, 3.8) is 0 Å². The molecule has 3 rings (SSSR count). The number of benzene rings is 1. The lowest BCUT2D eigenvalue weighted by atomic mass is 9.81. The van der Waals surface area contributed by atoms with Gasteiger partial charge in [-0.1, -0.05) is 24.6 Å². The van der Waals surface area contributed by atoms with Crippen LogP contribution in [0.25, 0.3) is 0 Å². The lowest BCUT2D eigenvalue weighted by Crippen LogP contribution is -2.60. The molecule has 1 heterocycles. The molecule has 0 bridgehead atoms. The summed E-state index contributed by atoms with van der Waals surface area (Å²) < 4.78 is 0. The van der Waals surface area contributed by atoms with Crippen LogP contribution in [0.3, 0.4) is 0 Å². The molecular formula is C20H29N3O2. The highest BCUT2D eigenvalue weighted by Gasteiger charge is 2.43. The first-order valence-corrected chi connectivity index (χ1v) is 9.43. The Morgan fingerprint density at radius 2 is 1.76 bits per heavy atom. The number of hydrogen-bond acceptors (Lipinski definition) is 3. The predicted molar refractivity (Wildman–Crippen MR) is 99.2 cm³/mol. The van der Waals surface area contributed by atoms with Gasteiger partial charge in [0, 0.05) is 30.7 Å². The van der Waals surface area contributed by atoms with E-state index in [-0.39, 0.29) is 23.8 Å². The van der Waals surface area contributed by atoms with Crippen molar-refractivity contribution in [2.24, 2.45) is 5.92 Å². The van der Waals surface area contributed by atoms with E-state index in [4.69, 9.17) is 0 Å². The minimum Gasteiger partial charge on any atom is -0.371 e. The number of carbonyl (C=O) groups excluding carboxylic acids is 2. The minimum atomic E-state index is -0.651. The first kappa shape index (κ1) is 17.8. The summed E-state index contributed by atoms with van der Waals surface area (Å²) in [7, 11) is 0. The molecule has 1 aliphatic carbocycles. The van der Waals surface area contributed by atoms with E-state index in [1.165, 1.54) is 6.42 Å². The Bertz CT molecular complexity index is 603. The van der Waals surface area contributed by atoms with E-state index in [1.807, 2.05) is 49.1 Å². The predicted octanol–water partition coefficient (Wildman–Crippen LogP) is 2.78. The summed E-state index contributed by atoms with van der Waals surface area (Å²) in [6.07, 6.45) is 4.49. The number of rotatable bonds is 5. The molecule has 1 aromatic carbocycles. The van der Waals surface area contributed by atoms with Crippen LogP contribution in [0.1, 0.15) is 46.0 Å². The Balaban J connectivity index is 1.71. The Labute approximate surface area is 150 Å². The van der Waals surface area contributed by atoms with Crippen LogP contribution in [0.2, 0.25) is 0 Å². The quantitative estimate of drug-likeness (QED) is 0.864. The van der Waals surface area contributed by atoms with Crippen LogP contribution >= 0.6 is 0 Å². The number of nitrogens with one attached hydrogen (secondary N) is 2. The van der Waals surface area contributed by atoms with E-state index < -0.39 is 5.54 Å². The molecule has 0 aromatic heterocycles. The molecule has 5 heteroatoms. The van der Waals surface area contributed by atoms with Crippen molar-refractivity contribution in [3.8, 4) is 0 Å². The molecule has 1 aliphatic heterocycles. The van der Waals surface area contributed by atoms with E-state index in [2.05, 4.69) is 10.6 Å². The molecule has 2 fully saturated rings. The van der Waals surface area contributed by atoms with Crippen molar-refractivity contribution in [3.05, 3.63) is 30.3 Å². The van der Waals surface area contributed by atoms with E-state index in [1.54, 1.807) is 0 Å². The average molecular weight is 343 g/mol. The molecular weight excluding hydrogens is 314 g/mol. The van der Waals surface area contributed by atoms with E-state index in [9.17, 15) is 9.59 Å². The molecule has 1 saturated carbocycles. The van der Waals surface area contributed by atoms with Crippen molar-refractivity contribution in [1.29, 1.82) is 0 Å². The standard InChI is InChI=1S/C20H29N3O2/c1-15(2)21-19(25)20(22-17-9-4-3-5-10-17)11-13-23(14-12-20)18(24)16-7-6-8-16/h3-5,9-10,15-16,22H,6-8,11-14H2,1-2H3,(H,21,25). The monoisotopic (exact) mass is 343 g/mol. The van der Waals surface area contributed by atoms with Crippen LogP contribution < -0.4 is 10.6 Å². The van der Waals surface area contributed by atoms with Gasteiger partial charge in [0.25, 0.3) is 0 Å². The number of nitrogens with zero attached hydrogens (tertiary/aromatic N) is 1. The van der Waals surface area contributed by atoms with Crippen LogP contribution in [0, 0.1) is 5.92 Å². The summed E-state index contributed by atoms with van der Waals surface area (Å²) in [5.74, 6) is 0.532. The molecule has 2 aliphatic rings. The van der Waals surface area contributed by atoms with Crippen LogP contribution in [0.4, 0.5) is 5.69 Å². The fourth-order valence-electron chi connectivity index (χ4n) is 3.63. The van der Waals surface area contributed by atoms with Gasteiger partial charge < -0.3 is 15.5 Å². The van der Waals surface area contributed by atoms with E-state index in [0.717, 1.165) is 18.5 Å². The summed E-state index contributed by atoms with van der Waals surface area (Å²) in [4.78, 5) is 27.4. The number of piperidine rings is 1. The van der Waals surface area contributed by atoms with Gasteiger partial charge in [0.1, 0.15) is 5.54 Å². The van der Waals surface area contributed by atoms with Crippen molar-refractivity contribution in [2.75, 3.05) is 18.4 Å². The zero-order valence-corrected chi connectivity index (χ0v) is 15.3. The lowest BCUT2D eigenvalue weighted by molar-refractivity contribution is -0.141. The molecule has 0 spiro atoms. The Morgan fingerprint density at radius 1 is 1.12 bits per heavy atom. The summed E-state index contributed by atoms with van der Waals surface area (Å²) in [6.45, 7) is 5.23. The second-order valence-corrected chi connectivity index (χ2v) is 7.65. The van der Waals surface area contributed by atoms with E-state index in [0.29, 0.717) is 25.9 Å². The summed E-state index contributed by atoms with van der Waals surface area (Å²) in [6, 6.07) is 9.95. The van der Waals surface area contributed by atoms with Crippen LogP contribution in [-0.2, 0) is 9.59 Å². The van der Waals surface area contributed by atoms with Gasteiger partial charge >= 0.3 is 0 Å². The van der Waals surface area contributed by atoms with Gasteiger partial charge in [-0.3, -0.25) is 9.59 Å². The fourth-order valence-corrected chi connectivity index (χ4v) is 3.63. The third-order valence-corrected chi connectivity index (χ3v) is 5.39. The van der Waals surface area contributed by atoms with Crippen LogP contribution in [-0.4, -0.2) is 41.4 Å². The topological polar surface area (TPSA) is 61.4 Å². The highest BCUT2D eigenvalue weighted by atomic mass is 16.2. The van der Waals surface area contributed by atoms with Crippen molar-refractivity contribution < 1.29 is 9.59 Å². The Hall–Kier alpha value is -2.04. The first-order valence-electron chi connectivity index (χ1n) is 9.43. The number of para-hydroxylation sites is 1. The van der Waals surface area contributed by atoms with Gasteiger partial charge in [0.05, 0.1) is 0 Å². The summed E-state index contributed by atoms with van der Waals surface area (Å²) >= 11 is 0. The molecule has 0 atom stereocenters. The van der Waals surface area contributed by atoms with Crippen molar-refractivity contribution in [2.45, 2.75) is 57.5 Å². The highest BCUT2D eigenvalue weighted by molar-refractivity contribution is 5.90. The zero-order valence-electron chi connectivity index (χ0n) is 15.3. The molecule has 0 unspecified atom stereocenters. The number of likely N-dealkylation sites (tertiary alicyclic amines) is 1. The Kier molecular flexibility index (Phi) is 5.30. The number of amides is 2. The van der Waals surface area contributed by atoms with Gasteiger partial charge in [-0.2, -0.15) is 0 Å². The van der Waals surface area contributed by atoms with Gasteiger partial charge in [-0.25, -0.2) is 0 Å². The number of carbonyl (C=O) groups is 2. The molecule has 2 amide bonds. The maximum atomic E-state index is 12.9. The summed E-state index contributed by atoms with van der Waals surface area (Å²) in [5, 5.41) is 6.52. The maximum Gasteiger partial charge on any atom is 0.246 e. The van der Waals surface area contributed by atoms with Crippen molar-refractivity contribution >= 4 is 17.5 Å². The largest absolute Gasteiger partial charge is 0.371 e. The molecule has 25 heavy (non-hydrogen) atoms. The Morgan fingerprint density at radius 3 is 2.28 bits per heavy atom. The SMILES string of the molecule is CC(C)NC(=O)C1(Nc2ccccc2)CCN(C(=O)C2CCC2)CC1. The smallest absolute Gasteiger partial charge is 0.246 e. The molecule has 0 radical (unpaired) electrons. The third-order valence-electron chi connectivity index (χ3n) is 5.39.